The van der Waals surface area contributed by atoms with E-state index in [0.717, 1.165) is 32.5 Å². The van der Waals surface area contributed by atoms with E-state index in [1.54, 1.807) is 9.80 Å². The standard InChI is InChI=1S/C24H46N8O4S/c1-6-27(4)19(2)23(35)25-11-21-13-29(7-9-31(21)16-33)15-30-8-10-32(17-34)22(14-30)12-26-24(36)20(3)28(5)18-37/h16-17,19-22,37H,6-15,18H2,1-5H3,(H,25,35)(H,26,36). The van der Waals surface area contributed by atoms with Gasteiger partial charge in [-0.3, -0.25) is 38.8 Å². The Balaban J connectivity index is 1.91. The van der Waals surface area contributed by atoms with Gasteiger partial charge in [0.2, 0.25) is 24.6 Å². The highest BCUT2D eigenvalue weighted by atomic mass is 32.1. The van der Waals surface area contributed by atoms with E-state index in [1.807, 2.05) is 44.7 Å². The predicted octanol–water partition coefficient (Wildman–Crippen LogP) is -1.99. The molecule has 2 heterocycles. The average molecular weight is 543 g/mol. The van der Waals surface area contributed by atoms with Gasteiger partial charge in [0.15, 0.2) is 0 Å². The third-order valence-corrected chi connectivity index (χ3v) is 8.17. The van der Waals surface area contributed by atoms with Gasteiger partial charge in [0.1, 0.15) is 0 Å². The molecule has 2 N–H and O–H groups in total. The summed E-state index contributed by atoms with van der Waals surface area (Å²) in [6, 6.07) is -0.765. The first kappa shape index (κ1) is 31.3. The number of carbonyl (C=O) groups excluding carboxylic acids is 4. The normalized spacial score (nSPS) is 23.1. The number of nitrogens with one attached hydrogen (secondary N) is 2. The van der Waals surface area contributed by atoms with E-state index in [-0.39, 0.29) is 36.0 Å². The van der Waals surface area contributed by atoms with Crippen LogP contribution in [0.2, 0.25) is 0 Å². The number of carbonyl (C=O) groups is 4. The van der Waals surface area contributed by atoms with Crippen LogP contribution in [0.5, 0.6) is 0 Å². The highest BCUT2D eigenvalue weighted by Crippen LogP contribution is 2.13. The molecule has 2 saturated heterocycles. The van der Waals surface area contributed by atoms with E-state index >= 15 is 0 Å². The monoisotopic (exact) mass is 542 g/mol. The fourth-order valence-electron chi connectivity index (χ4n) is 4.58. The molecule has 4 atom stereocenters. The molecule has 4 unspecified atom stereocenters. The van der Waals surface area contributed by atoms with Crippen molar-refractivity contribution in [2.45, 2.75) is 44.9 Å². The molecule has 0 radical (unpaired) electrons. The largest absolute Gasteiger partial charge is 0.353 e. The maximum atomic E-state index is 12.5. The number of amides is 4. The van der Waals surface area contributed by atoms with E-state index in [4.69, 9.17) is 0 Å². The summed E-state index contributed by atoms with van der Waals surface area (Å²) in [7, 11) is 3.75. The van der Waals surface area contributed by atoms with Crippen LogP contribution in [0.3, 0.4) is 0 Å². The van der Waals surface area contributed by atoms with Crippen molar-refractivity contribution in [1.82, 2.24) is 40.0 Å². The van der Waals surface area contributed by atoms with Gasteiger partial charge in [-0.15, -0.1) is 0 Å². The molecule has 0 spiro atoms. The molecule has 0 bridgehead atoms. The van der Waals surface area contributed by atoms with Crippen LogP contribution in [-0.2, 0) is 19.2 Å². The minimum Gasteiger partial charge on any atom is -0.353 e. The number of likely N-dealkylation sites (N-methyl/N-ethyl adjacent to an activating group) is 2. The Bertz CT molecular complexity index is 702. The molecule has 2 aliphatic heterocycles. The highest BCUT2D eigenvalue weighted by molar-refractivity contribution is 7.80. The number of hydrogen-bond acceptors (Lipinski definition) is 9. The molecule has 0 aromatic rings. The maximum absolute atomic E-state index is 12.5. The third kappa shape index (κ3) is 9.10. The number of piperazine rings is 2. The van der Waals surface area contributed by atoms with Gasteiger partial charge in [0.25, 0.3) is 0 Å². The maximum Gasteiger partial charge on any atom is 0.237 e. The average Bonchev–Trinajstić information content (AvgIpc) is 2.92. The Morgan fingerprint density at radius 3 is 1.68 bits per heavy atom. The second-order valence-corrected chi connectivity index (χ2v) is 10.4. The molecule has 13 heteroatoms. The number of hydrogen-bond donors (Lipinski definition) is 3. The van der Waals surface area contributed by atoms with Crippen molar-refractivity contribution in [1.29, 1.82) is 0 Å². The highest BCUT2D eigenvalue weighted by Gasteiger charge is 2.31. The van der Waals surface area contributed by atoms with E-state index in [0.29, 0.717) is 51.8 Å². The van der Waals surface area contributed by atoms with Crippen molar-refractivity contribution in [3.05, 3.63) is 0 Å². The molecule has 0 aromatic carbocycles. The van der Waals surface area contributed by atoms with Crippen molar-refractivity contribution < 1.29 is 19.2 Å². The van der Waals surface area contributed by atoms with Gasteiger partial charge >= 0.3 is 0 Å². The summed E-state index contributed by atoms with van der Waals surface area (Å²) < 4.78 is 0. The lowest BCUT2D eigenvalue weighted by Crippen LogP contribution is -2.62. The summed E-state index contributed by atoms with van der Waals surface area (Å²) in [5, 5.41) is 5.99. The quantitative estimate of drug-likeness (QED) is 0.131. The summed E-state index contributed by atoms with van der Waals surface area (Å²) in [4.78, 5) is 60.2. The topological polar surface area (TPSA) is 112 Å². The number of rotatable bonds is 14. The molecule has 2 rings (SSSR count). The second kappa shape index (κ2) is 15.5. The van der Waals surface area contributed by atoms with Crippen molar-refractivity contribution in [2.24, 2.45) is 0 Å². The van der Waals surface area contributed by atoms with Gasteiger partial charge in [-0.1, -0.05) is 6.92 Å². The smallest absolute Gasteiger partial charge is 0.237 e. The van der Waals surface area contributed by atoms with Gasteiger partial charge < -0.3 is 20.4 Å². The van der Waals surface area contributed by atoms with Crippen LogP contribution < -0.4 is 10.6 Å². The van der Waals surface area contributed by atoms with E-state index < -0.39 is 0 Å². The van der Waals surface area contributed by atoms with Crippen LogP contribution in [0.4, 0.5) is 0 Å². The lowest BCUT2D eigenvalue weighted by molar-refractivity contribution is -0.129. The summed E-state index contributed by atoms with van der Waals surface area (Å²) in [5.74, 6) is 0.342. The van der Waals surface area contributed by atoms with Gasteiger partial charge in [-0.2, -0.15) is 12.6 Å². The van der Waals surface area contributed by atoms with E-state index in [2.05, 4.69) is 33.1 Å². The number of thiol groups is 1. The molecule has 0 aromatic heterocycles. The number of nitrogens with zero attached hydrogens (tertiary/aromatic N) is 6. The Morgan fingerprint density at radius 1 is 0.865 bits per heavy atom. The second-order valence-electron chi connectivity index (χ2n) is 10.1. The zero-order valence-corrected chi connectivity index (χ0v) is 23.9. The first-order valence-corrected chi connectivity index (χ1v) is 13.7. The molecule has 37 heavy (non-hydrogen) atoms. The zero-order chi connectivity index (χ0) is 27.5. The minimum absolute atomic E-state index is 0.0444. The van der Waals surface area contributed by atoms with Crippen molar-refractivity contribution >= 4 is 37.3 Å². The fraction of sp³-hybridized carbons (Fsp3) is 0.833. The molecule has 0 aliphatic carbocycles. The van der Waals surface area contributed by atoms with Crippen LogP contribution in [0.1, 0.15) is 20.8 Å². The van der Waals surface area contributed by atoms with Crippen molar-refractivity contribution in [3.63, 3.8) is 0 Å². The Hall–Kier alpha value is -1.93. The van der Waals surface area contributed by atoms with Crippen LogP contribution >= 0.6 is 12.6 Å². The Morgan fingerprint density at radius 2 is 1.30 bits per heavy atom. The third-order valence-electron chi connectivity index (χ3n) is 7.72. The SMILES string of the molecule is CCN(C)C(C)C(=O)NCC1CN(CN2CCN(C=O)C(CNC(=O)C(C)N(C)CS)C2)CCN1C=O. The van der Waals surface area contributed by atoms with Crippen LogP contribution in [0, 0.1) is 0 Å². The summed E-state index contributed by atoms with van der Waals surface area (Å²) in [6.07, 6.45) is 1.72. The first-order chi connectivity index (χ1) is 17.6. The lowest BCUT2D eigenvalue weighted by Gasteiger charge is -2.45. The molecule has 4 amide bonds. The zero-order valence-electron chi connectivity index (χ0n) is 23.0. The fourth-order valence-corrected chi connectivity index (χ4v) is 4.82. The Kier molecular flexibility index (Phi) is 13.1. The molecule has 12 nitrogen and oxygen atoms in total. The first-order valence-electron chi connectivity index (χ1n) is 13.1. The summed E-state index contributed by atoms with van der Waals surface area (Å²) in [6.45, 7) is 11.9. The van der Waals surface area contributed by atoms with Crippen molar-refractivity contribution in [3.8, 4) is 0 Å². The molecular weight excluding hydrogens is 496 g/mol. The molecule has 2 fully saturated rings. The van der Waals surface area contributed by atoms with Gasteiger partial charge in [0.05, 0.1) is 30.8 Å². The van der Waals surface area contributed by atoms with Gasteiger partial charge in [-0.25, -0.2) is 0 Å². The predicted molar refractivity (Wildman–Crippen MR) is 146 cm³/mol. The summed E-state index contributed by atoms with van der Waals surface area (Å²) in [5.41, 5.74) is 0. The minimum atomic E-state index is -0.307. The molecule has 212 valence electrons. The van der Waals surface area contributed by atoms with Gasteiger partial charge in [-0.05, 0) is 34.5 Å². The van der Waals surface area contributed by atoms with Crippen LogP contribution in [-0.4, -0.2) is 164 Å². The Labute approximate surface area is 227 Å². The van der Waals surface area contributed by atoms with E-state index in [9.17, 15) is 19.2 Å². The van der Waals surface area contributed by atoms with Crippen LogP contribution in [0.25, 0.3) is 0 Å². The van der Waals surface area contributed by atoms with E-state index in [1.165, 1.54) is 0 Å². The molecule has 0 saturated carbocycles. The molecular formula is C24H46N8O4S. The molecule has 2 aliphatic rings. The van der Waals surface area contributed by atoms with Crippen LogP contribution in [0.15, 0.2) is 0 Å². The van der Waals surface area contributed by atoms with Crippen molar-refractivity contribution in [2.75, 3.05) is 85.5 Å². The van der Waals surface area contributed by atoms with Gasteiger partial charge in [0, 0.05) is 58.2 Å². The lowest BCUT2D eigenvalue weighted by atomic mass is 10.1. The summed E-state index contributed by atoms with van der Waals surface area (Å²) >= 11 is 4.22.